The fourth-order valence-electron chi connectivity index (χ4n) is 1.59. The fourth-order valence-corrected chi connectivity index (χ4v) is 1.59. The molecule has 0 aliphatic heterocycles. The first-order chi connectivity index (χ1) is 8.22. The third-order valence-corrected chi connectivity index (χ3v) is 2.74. The molecule has 0 radical (unpaired) electrons. The molecule has 3 heteroatoms. The highest BCUT2D eigenvalue weighted by Crippen LogP contribution is 2.12. The number of aliphatic hydroxyl groups is 1. The molecule has 1 unspecified atom stereocenters. The Kier molecular flexibility index (Phi) is 6.67. The van der Waals surface area contributed by atoms with E-state index in [1.165, 1.54) is 5.56 Å². The van der Waals surface area contributed by atoms with Gasteiger partial charge >= 0.3 is 0 Å². The van der Waals surface area contributed by atoms with Crippen molar-refractivity contribution in [2.45, 2.75) is 38.8 Å². The number of nitrogens with one attached hydrogen (secondary N) is 1. The van der Waals surface area contributed by atoms with Gasteiger partial charge in [0.2, 0.25) is 0 Å². The SMILES string of the molecule is CNC(O)CCCCCOc1ccc(C)cc1. The Balaban J connectivity index is 2.02. The number of hydrogen-bond acceptors (Lipinski definition) is 3. The fraction of sp³-hybridized carbons (Fsp3) is 0.571. The highest BCUT2D eigenvalue weighted by Gasteiger charge is 1.99. The van der Waals surface area contributed by atoms with Gasteiger partial charge in [0, 0.05) is 0 Å². The highest BCUT2D eigenvalue weighted by molar-refractivity contribution is 5.26. The molecule has 0 saturated heterocycles. The molecule has 0 saturated carbocycles. The molecule has 17 heavy (non-hydrogen) atoms. The maximum absolute atomic E-state index is 9.28. The van der Waals surface area contributed by atoms with Crippen LogP contribution in [0.3, 0.4) is 0 Å². The summed E-state index contributed by atoms with van der Waals surface area (Å²) in [6.45, 7) is 2.82. The zero-order chi connectivity index (χ0) is 12.5. The Morgan fingerprint density at radius 2 is 1.88 bits per heavy atom. The van der Waals surface area contributed by atoms with Crippen LogP contribution in [0.5, 0.6) is 5.75 Å². The van der Waals surface area contributed by atoms with Crippen LogP contribution in [0.2, 0.25) is 0 Å². The quantitative estimate of drug-likeness (QED) is 0.539. The number of unbranched alkanes of at least 4 members (excludes halogenated alkanes) is 2. The molecule has 0 spiro atoms. The number of aryl methyl sites for hydroxylation is 1. The minimum Gasteiger partial charge on any atom is -0.494 e. The lowest BCUT2D eigenvalue weighted by atomic mass is 10.2. The van der Waals surface area contributed by atoms with Crippen LogP contribution >= 0.6 is 0 Å². The van der Waals surface area contributed by atoms with Crippen LogP contribution in [0.25, 0.3) is 0 Å². The summed E-state index contributed by atoms with van der Waals surface area (Å²) in [5, 5.41) is 12.1. The summed E-state index contributed by atoms with van der Waals surface area (Å²) in [7, 11) is 1.77. The molecular formula is C14H23NO2. The normalized spacial score (nSPS) is 12.4. The zero-order valence-corrected chi connectivity index (χ0v) is 10.8. The van der Waals surface area contributed by atoms with Crippen molar-refractivity contribution in [2.24, 2.45) is 0 Å². The van der Waals surface area contributed by atoms with Crippen LogP contribution < -0.4 is 10.1 Å². The van der Waals surface area contributed by atoms with Gasteiger partial charge in [-0.2, -0.15) is 0 Å². The Hall–Kier alpha value is -1.06. The van der Waals surface area contributed by atoms with E-state index in [1.807, 2.05) is 12.1 Å². The van der Waals surface area contributed by atoms with Gasteiger partial charge in [-0.3, -0.25) is 5.32 Å². The van der Waals surface area contributed by atoms with E-state index in [1.54, 1.807) is 7.05 Å². The Bertz CT molecular complexity index is 298. The predicted molar refractivity (Wildman–Crippen MR) is 70.2 cm³/mol. The maximum Gasteiger partial charge on any atom is 0.119 e. The van der Waals surface area contributed by atoms with Gasteiger partial charge in [-0.05, 0) is 51.8 Å². The largest absolute Gasteiger partial charge is 0.494 e. The summed E-state index contributed by atoms with van der Waals surface area (Å²) < 4.78 is 5.62. The molecule has 0 aromatic heterocycles. The minimum absolute atomic E-state index is 0.368. The molecule has 0 heterocycles. The van der Waals surface area contributed by atoms with Gasteiger partial charge in [-0.15, -0.1) is 0 Å². The first-order valence-corrected chi connectivity index (χ1v) is 6.27. The highest BCUT2D eigenvalue weighted by atomic mass is 16.5. The van der Waals surface area contributed by atoms with Crippen molar-refractivity contribution < 1.29 is 9.84 Å². The molecule has 0 fully saturated rings. The maximum atomic E-state index is 9.28. The molecule has 3 nitrogen and oxygen atoms in total. The molecule has 96 valence electrons. The van der Waals surface area contributed by atoms with Crippen LogP contribution in [0.1, 0.15) is 31.2 Å². The van der Waals surface area contributed by atoms with Crippen molar-refractivity contribution in [3.8, 4) is 5.75 Å². The van der Waals surface area contributed by atoms with Crippen molar-refractivity contribution in [2.75, 3.05) is 13.7 Å². The van der Waals surface area contributed by atoms with E-state index < -0.39 is 0 Å². The molecule has 0 aliphatic rings. The lowest BCUT2D eigenvalue weighted by Crippen LogP contribution is -2.23. The Labute approximate surface area is 104 Å². The van der Waals surface area contributed by atoms with Crippen LogP contribution in [0.4, 0.5) is 0 Å². The third-order valence-electron chi connectivity index (χ3n) is 2.74. The molecular weight excluding hydrogens is 214 g/mol. The summed E-state index contributed by atoms with van der Waals surface area (Å²) in [6.07, 6.45) is 3.59. The summed E-state index contributed by atoms with van der Waals surface area (Å²) in [6, 6.07) is 8.11. The Morgan fingerprint density at radius 3 is 2.53 bits per heavy atom. The van der Waals surface area contributed by atoms with Gasteiger partial charge in [-0.1, -0.05) is 17.7 Å². The average molecular weight is 237 g/mol. The topological polar surface area (TPSA) is 41.5 Å². The second-order valence-corrected chi connectivity index (χ2v) is 4.32. The van der Waals surface area contributed by atoms with E-state index in [2.05, 4.69) is 24.4 Å². The van der Waals surface area contributed by atoms with Crippen LogP contribution in [0, 0.1) is 6.92 Å². The molecule has 0 bridgehead atoms. The second kappa shape index (κ2) is 8.09. The number of hydrogen-bond donors (Lipinski definition) is 2. The van der Waals surface area contributed by atoms with Gasteiger partial charge in [0.05, 0.1) is 6.61 Å². The first-order valence-electron chi connectivity index (χ1n) is 6.27. The number of benzene rings is 1. The van der Waals surface area contributed by atoms with Crippen molar-refractivity contribution in [3.05, 3.63) is 29.8 Å². The van der Waals surface area contributed by atoms with Crippen molar-refractivity contribution in [1.29, 1.82) is 0 Å². The van der Waals surface area contributed by atoms with E-state index in [-0.39, 0.29) is 6.23 Å². The summed E-state index contributed by atoms with van der Waals surface area (Å²) in [4.78, 5) is 0. The standard InChI is InChI=1S/C14H23NO2/c1-12-7-9-13(10-8-12)17-11-5-3-4-6-14(16)15-2/h7-10,14-16H,3-6,11H2,1-2H3. The molecule has 1 atom stereocenters. The van der Waals surface area contributed by atoms with E-state index in [0.29, 0.717) is 0 Å². The van der Waals surface area contributed by atoms with Crippen LogP contribution in [-0.4, -0.2) is 25.0 Å². The third kappa shape index (κ3) is 6.29. The van der Waals surface area contributed by atoms with Gasteiger partial charge in [0.25, 0.3) is 0 Å². The van der Waals surface area contributed by atoms with Crippen molar-refractivity contribution in [1.82, 2.24) is 5.32 Å². The summed E-state index contributed by atoms with van der Waals surface area (Å²) in [5.74, 6) is 0.936. The van der Waals surface area contributed by atoms with Gasteiger partial charge in [0.15, 0.2) is 0 Å². The van der Waals surface area contributed by atoms with Gasteiger partial charge < -0.3 is 9.84 Å². The molecule has 2 N–H and O–H groups in total. The average Bonchev–Trinajstić information content (AvgIpc) is 2.35. The van der Waals surface area contributed by atoms with Crippen LogP contribution in [-0.2, 0) is 0 Å². The van der Waals surface area contributed by atoms with E-state index >= 15 is 0 Å². The van der Waals surface area contributed by atoms with Crippen molar-refractivity contribution in [3.63, 3.8) is 0 Å². The zero-order valence-electron chi connectivity index (χ0n) is 10.8. The predicted octanol–water partition coefficient (Wildman–Crippen LogP) is 2.47. The van der Waals surface area contributed by atoms with E-state index in [4.69, 9.17) is 4.74 Å². The number of rotatable bonds is 8. The van der Waals surface area contributed by atoms with Gasteiger partial charge in [-0.25, -0.2) is 0 Å². The molecule has 0 aliphatic carbocycles. The summed E-state index contributed by atoms with van der Waals surface area (Å²) >= 11 is 0. The van der Waals surface area contributed by atoms with Crippen LogP contribution in [0.15, 0.2) is 24.3 Å². The monoisotopic (exact) mass is 237 g/mol. The molecule has 0 amide bonds. The van der Waals surface area contributed by atoms with E-state index in [9.17, 15) is 5.11 Å². The van der Waals surface area contributed by atoms with Crippen molar-refractivity contribution >= 4 is 0 Å². The molecule has 1 aromatic rings. The minimum atomic E-state index is -0.368. The summed E-state index contributed by atoms with van der Waals surface area (Å²) in [5.41, 5.74) is 1.25. The smallest absolute Gasteiger partial charge is 0.119 e. The second-order valence-electron chi connectivity index (χ2n) is 4.32. The number of aliphatic hydroxyl groups excluding tert-OH is 1. The number of ether oxygens (including phenoxy) is 1. The van der Waals surface area contributed by atoms with Gasteiger partial charge in [0.1, 0.15) is 12.0 Å². The first kappa shape index (κ1) is 14.0. The molecule has 1 aromatic carbocycles. The lowest BCUT2D eigenvalue weighted by Gasteiger charge is -2.09. The lowest BCUT2D eigenvalue weighted by molar-refractivity contribution is 0.133. The van der Waals surface area contributed by atoms with E-state index in [0.717, 1.165) is 38.0 Å². The molecule has 1 rings (SSSR count). The Morgan fingerprint density at radius 1 is 1.18 bits per heavy atom.